The largest absolute Gasteiger partial charge is 0.386 e. The Morgan fingerprint density at radius 3 is 1.53 bits per heavy atom. The number of aliphatic hydroxyl groups is 1. The first kappa shape index (κ1) is 12.8. The van der Waals surface area contributed by atoms with E-state index in [1.807, 2.05) is 6.92 Å². The van der Waals surface area contributed by atoms with E-state index in [-0.39, 0.29) is 0 Å². The molecule has 1 rings (SSSR count). The Kier molecular flexibility index (Phi) is 5.38. The maximum absolute atomic E-state index is 10.5. The van der Waals surface area contributed by atoms with Crippen molar-refractivity contribution in [2.75, 3.05) is 0 Å². The molecule has 0 amide bonds. The predicted molar refractivity (Wildman–Crippen MR) is 65.9 cm³/mol. The summed E-state index contributed by atoms with van der Waals surface area (Å²) in [6.45, 7) is 5.92. The summed E-state index contributed by atoms with van der Waals surface area (Å²) in [5, 5.41) is 10.5. The molecular formula is C14H26O. The summed E-state index contributed by atoms with van der Waals surface area (Å²) in [5.74, 6) is 0. The molecule has 0 unspecified atom stereocenters. The fourth-order valence-electron chi connectivity index (χ4n) is 2.45. The molecule has 1 fully saturated rings. The lowest BCUT2D eigenvalue weighted by atomic mass is 9.85. The van der Waals surface area contributed by atoms with Gasteiger partial charge in [-0.15, -0.1) is 0 Å². The van der Waals surface area contributed by atoms with Gasteiger partial charge in [-0.25, -0.2) is 0 Å². The van der Waals surface area contributed by atoms with E-state index in [2.05, 4.69) is 6.58 Å². The van der Waals surface area contributed by atoms with E-state index in [1.54, 1.807) is 0 Å². The standard InChI is InChI=1S/C14H26O/c1-13(2)14(15)11-9-7-5-3-4-6-8-10-12-14/h15H,1,3-12H2,2H3. The van der Waals surface area contributed by atoms with Crippen molar-refractivity contribution in [2.45, 2.75) is 76.7 Å². The van der Waals surface area contributed by atoms with E-state index in [4.69, 9.17) is 0 Å². The molecule has 0 radical (unpaired) electrons. The van der Waals surface area contributed by atoms with Gasteiger partial charge >= 0.3 is 0 Å². The van der Waals surface area contributed by atoms with E-state index < -0.39 is 5.60 Å². The van der Waals surface area contributed by atoms with Crippen LogP contribution in [0.15, 0.2) is 12.2 Å². The highest BCUT2D eigenvalue weighted by atomic mass is 16.3. The van der Waals surface area contributed by atoms with Crippen LogP contribution in [0.3, 0.4) is 0 Å². The number of rotatable bonds is 1. The Morgan fingerprint density at radius 2 is 1.20 bits per heavy atom. The third kappa shape index (κ3) is 4.38. The van der Waals surface area contributed by atoms with Crippen molar-refractivity contribution in [1.29, 1.82) is 0 Å². The first-order chi connectivity index (χ1) is 7.15. The maximum Gasteiger partial charge on any atom is 0.0851 e. The van der Waals surface area contributed by atoms with Crippen molar-refractivity contribution in [3.05, 3.63) is 12.2 Å². The van der Waals surface area contributed by atoms with Gasteiger partial charge in [0.25, 0.3) is 0 Å². The summed E-state index contributed by atoms with van der Waals surface area (Å²) < 4.78 is 0. The number of hydrogen-bond acceptors (Lipinski definition) is 1. The van der Waals surface area contributed by atoms with Gasteiger partial charge in [0.1, 0.15) is 0 Å². The molecule has 0 aliphatic heterocycles. The molecule has 0 aromatic carbocycles. The van der Waals surface area contributed by atoms with Crippen molar-refractivity contribution in [1.82, 2.24) is 0 Å². The molecule has 1 nitrogen and oxygen atoms in total. The van der Waals surface area contributed by atoms with Crippen LogP contribution in [0, 0.1) is 0 Å². The van der Waals surface area contributed by atoms with Gasteiger partial charge in [0, 0.05) is 0 Å². The van der Waals surface area contributed by atoms with Crippen molar-refractivity contribution in [3.8, 4) is 0 Å². The smallest absolute Gasteiger partial charge is 0.0851 e. The van der Waals surface area contributed by atoms with Gasteiger partial charge < -0.3 is 5.11 Å². The lowest BCUT2D eigenvalue weighted by molar-refractivity contribution is 0.0552. The quantitative estimate of drug-likeness (QED) is 0.643. The van der Waals surface area contributed by atoms with E-state index >= 15 is 0 Å². The highest BCUT2D eigenvalue weighted by molar-refractivity contribution is 5.09. The molecule has 1 heteroatoms. The Hall–Kier alpha value is -0.300. The first-order valence-electron chi connectivity index (χ1n) is 6.53. The Bertz CT molecular complexity index is 184. The monoisotopic (exact) mass is 210 g/mol. The highest BCUT2D eigenvalue weighted by Crippen LogP contribution is 2.29. The molecular weight excluding hydrogens is 184 g/mol. The zero-order valence-corrected chi connectivity index (χ0v) is 10.2. The van der Waals surface area contributed by atoms with Crippen LogP contribution in [0.2, 0.25) is 0 Å². The SMILES string of the molecule is C=C(C)C1(O)CCCCCCCCCC1. The lowest BCUT2D eigenvalue weighted by Gasteiger charge is -2.28. The molecule has 88 valence electrons. The van der Waals surface area contributed by atoms with Crippen LogP contribution in [-0.4, -0.2) is 10.7 Å². The summed E-state index contributed by atoms with van der Waals surface area (Å²) in [6.07, 6.45) is 12.1. The third-order valence-corrected chi connectivity index (χ3v) is 3.73. The van der Waals surface area contributed by atoms with E-state index in [1.165, 1.54) is 38.5 Å². The van der Waals surface area contributed by atoms with Gasteiger partial charge in [0.2, 0.25) is 0 Å². The van der Waals surface area contributed by atoms with E-state index in [9.17, 15) is 5.11 Å². The van der Waals surface area contributed by atoms with Crippen LogP contribution < -0.4 is 0 Å². The van der Waals surface area contributed by atoms with Crippen molar-refractivity contribution in [2.24, 2.45) is 0 Å². The van der Waals surface area contributed by atoms with Crippen LogP contribution in [-0.2, 0) is 0 Å². The van der Waals surface area contributed by atoms with Crippen LogP contribution in [0.1, 0.15) is 71.1 Å². The summed E-state index contributed by atoms with van der Waals surface area (Å²) >= 11 is 0. The first-order valence-corrected chi connectivity index (χ1v) is 6.53. The zero-order chi connectivity index (χ0) is 11.1. The second kappa shape index (κ2) is 6.32. The Balaban J connectivity index is 2.49. The average Bonchev–Trinajstić information content (AvgIpc) is 2.24. The molecule has 0 bridgehead atoms. The van der Waals surface area contributed by atoms with Crippen LogP contribution in [0.5, 0.6) is 0 Å². The normalized spacial score (nSPS) is 24.1. The lowest BCUT2D eigenvalue weighted by Crippen LogP contribution is -2.29. The van der Waals surface area contributed by atoms with Gasteiger partial charge in [-0.05, 0) is 25.3 Å². The highest BCUT2D eigenvalue weighted by Gasteiger charge is 2.26. The van der Waals surface area contributed by atoms with E-state index in [0.29, 0.717) is 0 Å². The molecule has 15 heavy (non-hydrogen) atoms. The van der Waals surface area contributed by atoms with Crippen LogP contribution in [0.4, 0.5) is 0 Å². The van der Waals surface area contributed by atoms with Gasteiger partial charge in [0.15, 0.2) is 0 Å². The van der Waals surface area contributed by atoms with Crippen LogP contribution >= 0.6 is 0 Å². The number of hydrogen-bond donors (Lipinski definition) is 1. The maximum atomic E-state index is 10.5. The molecule has 0 aromatic heterocycles. The zero-order valence-electron chi connectivity index (χ0n) is 10.2. The molecule has 0 aromatic rings. The minimum atomic E-state index is -0.565. The molecule has 0 saturated heterocycles. The van der Waals surface area contributed by atoms with E-state index in [0.717, 1.165) is 31.3 Å². The fourth-order valence-corrected chi connectivity index (χ4v) is 2.45. The summed E-state index contributed by atoms with van der Waals surface area (Å²) in [6, 6.07) is 0. The van der Waals surface area contributed by atoms with Gasteiger partial charge in [-0.2, -0.15) is 0 Å². The average molecular weight is 210 g/mol. The molecule has 0 heterocycles. The van der Waals surface area contributed by atoms with Crippen molar-refractivity contribution in [3.63, 3.8) is 0 Å². The Labute approximate surface area is 94.6 Å². The van der Waals surface area contributed by atoms with Gasteiger partial charge in [0.05, 0.1) is 5.60 Å². The predicted octanol–water partition coefficient (Wildman–Crippen LogP) is 4.21. The molecule has 0 spiro atoms. The minimum absolute atomic E-state index is 0.565. The second-order valence-electron chi connectivity index (χ2n) is 5.14. The summed E-state index contributed by atoms with van der Waals surface area (Å²) in [5.41, 5.74) is 0.395. The third-order valence-electron chi connectivity index (χ3n) is 3.73. The topological polar surface area (TPSA) is 20.2 Å². The second-order valence-corrected chi connectivity index (χ2v) is 5.14. The van der Waals surface area contributed by atoms with Crippen molar-refractivity contribution >= 4 is 0 Å². The molecule has 1 aliphatic carbocycles. The van der Waals surface area contributed by atoms with Crippen LogP contribution in [0.25, 0.3) is 0 Å². The minimum Gasteiger partial charge on any atom is -0.386 e. The van der Waals surface area contributed by atoms with Gasteiger partial charge in [-0.1, -0.05) is 57.9 Å². The molecule has 1 saturated carbocycles. The summed E-state index contributed by atoms with van der Waals surface area (Å²) in [4.78, 5) is 0. The van der Waals surface area contributed by atoms with Gasteiger partial charge in [-0.3, -0.25) is 0 Å². The van der Waals surface area contributed by atoms with Crippen molar-refractivity contribution < 1.29 is 5.11 Å². The molecule has 1 N–H and O–H groups in total. The molecule has 0 atom stereocenters. The summed E-state index contributed by atoms with van der Waals surface area (Å²) in [7, 11) is 0. The fraction of sp³-hybridized carbons (Fsp3) is 0.857. The Morgan fingerprint density at radius 1 is 0.867 bits per heavy atom. The molecule has 1 aliphatic rings.